The highest BCUT2D eigenvalue weighted by molar-refractivity contribution is 5.91. The number of piperidine rings is 1. The highest BCUT2D eigenvalue weighted by atomic mass is 19.3. The number of ether oxygens (including phenoxy) is 2. The van der Waals surface area contributed by atoms with E-state index in [9.17, 15) is 15.2 Å². The fraction of sp³-hybridized carbons (Fsp3) is 0.345. The molecule has 7 heterocycles. The predicted molar refractivity (Wildman–Crippen MR) is 151 cm³/mol. The topological polar surface area (TPSA) is 141 Å². The zero-order valence-electron chi connectivity index (χ0n) is 23.5. The van der Waals surface area contributed by atoms with Crippen molar-refractivity contribution in [3.8, 4) is 28.8 Å². The van der Waals surface area contributed by atoms with Crippen molar-refractivity contribution < 1.29 is 28.2 Å². The van der Waals surface area contributed by atoms with E-state index >= 15 is 8.78 Å². The van der Waals surface area contributed by atoms with E-state index in [-0.39, 0.29) is 25.4 Å². The number of hydrogen-bond donors (Lipinski definition) is 2. The first-order valence-electron chi connectivity index (χ1n) is 13.5. The van der Waals surface area contributed by atoms with Gasteiger partial charge in [-0.2, -0.15) is 19.1 Å². The number of alkyl halides is 2. The van der Waals surface area contributed by atoms with Crippen LogP contribution in [0.2, 0.25) is 0 Å². The molecule has 2 atom stereocenters. The zero-order valence-corrected chi connectivity index (χ0v) is 23.5. The maximum absolute atomic E-state index is 15.7. The summed E-state index contributed by atoms with van der Waals surface area (Å²) in [6.07, 6.45) is 6.04. The summed E-state index contributed by atoms with van der Waals surface area (Å²) in [5.74, 6) is 0.821. The predicted octanol–water partition coefficient (Wildman–Crippen LogP) is 3.91. The molecule has 14 heteroatoms. The van der Waals surface area contributed by atoms with Crippen LogP contribution < -0.4 is 19.7 Å². The number of anilines is 2. The van der Waals surface area contributed by atoms with Crippen molar-refractivity contribution >= 4 is 23.1 Å². The Hall–Kier alpha value is -5.03. The largest absolute Gasteiger partial charge is 0.489 e. The van der Waals surface area contributed by atoms with Gasteiger partial charge in [-0.3, -0.25) is 4.90 Å². The standard InChI is InChI=1S/C29H28F2N8O4/c1-28(2,41)16-43-21-9-22(26-18(10-32)12-35-38(26)15-21)17-4-6-24(33-11-17)37-14-20-8-23(29(37,30)31)39(20)27(40)36-19-5-7-25(42-3)34-13-19/h4-7,9,11-13,15,20,23,41H,8,14,16H2,1-3H3,(H,36,40). The molecule has 43 heavy (non-hydrogen) atoms. The van der Waals surface area contributed by atoms with Crippen LogP contribution in [0.25, 0.3) is 16.6 Å². The normalized spacial score (nSPS) is 19.0. The molecule has 0 radical (unpaired) electrons. The number of nitriles is 1. The van der Waals surface area contributed by atoms with Gasteiger partial charge in [0, 0.05) is 29.9 Å². The van der Waals surface area contributed by atoms with Crippen LogP contribution in [-0.2, 0) is 0 Å². The molecule has 4 aromatic heterocycles. The average molecular weight is 591 g/mol. The van der Waals surface area contributed by atoms with Gasteiger partial charge in [0.15, 0.2) is 0 Å². The van der Waals surface area contributed by atoms with Crippen molar-refractivity contribution in [2.45, 2.75) is 44.0 Å². The third-order valence-electron chi connectivity index (χ3n) is 7.44. The van der Waals surface area contributed by atoms with Crippen molar-refractivity contribution in [1.82, 2.24) is 24.5 Å². The van der Waals surface area contributed by atoms with Crippen LogP contribution in [0.15, 0.2) is 55.1 Å². The third-order valence-corrected chi connectivity index (χ3v) is 7.44. The summed E-state index contributed by atoms with van der Waals surface area (Å²) in [4.78, 5) is 23.4. The second-order valence-corrected chi connectivity index (χ2v) is 11.1. The summed E-state index contributed by atoms with van der Waals surface area (Å²) in [7, 11) is 1.47. The van der Waals surface area contributed by atoms with Gasteiger partial charge in [-0.15, -0.1) is 0 Å². The number of methoxy groups -OCH3 is 1. The molecule has 2 N–H and O–H groups in total. The van der Waals surface area contributed by atoms with Crippen molar-refractivity contribution in [3.63, 3.8) is 0 Å². The fourth-order valence-corrected chi connectivity index (χ4v) is 5.34. The molecule has 2 amide bonds. The highest BCUT2D eigenvalue weighted by Gasteiger charge is 2.63. The van der Waals surface area contributed by atoms with Gasteiger partial charge in [-0.1, -0.05) is 0 Å². The quantitative estimate of drug-likeness (QED) is 0.307. The summed E-state index contributed by atoms with van der Waals surface area (Å²) in [6.45, 7) is 3.14. The third kappa shape index (κ3) is 5.12. The first-order chi connectivity index (χ1) is 20.5. The second kappa shape index (κ2) is 10.4. The molecule has 2 bridgehead atoms. The number of nitrogens with zero attached hydrogens (tertiary/aromatic N) is 7. The molecule has 3 saturated heterocycles. The van der Waals surface area contributed by atoms with Crippen molar-refractivity contribution in [1.29, 1.82) is 5.26 Å². The minimum Gasteiger partial charge on any atom is -0.489 e. The lowest BCUT2D eigenvalue weighted by Crippen LogP contribution is -2.78. The molecule has 3 aliphatic rings. The SMILES string of the molecule is COc1ccc(NC(=O)N2C3CC2C(F)(F)N(c2ccc(-c4cc(OCC(C)(C)O)cn5ncc(C#N)c45)cn2)C3)cn1. The summed E-state index contributed by atoms with van der Waals surface area (Å²) in [6, 6.07) is 4.35. The molecule has 2 unspecified atom stereocenters. The number of pyridine rings is 3. The molecule has 3 aliphatic heterocycles. The Morgan fingerprint density at radius 1 is 1.23 bits per heavy atom. The summed E-state index contributed by atoms with van der Waals surface area (Å²) in [5, 5.41) is 26.6. The lowest BCUT2D eigenvalue weighted by Gasteiger charge is -2.59. The Bertz CT molecular complexity index is 1710. The molecule has 0 spiro atoms. The molecule has 0 aliphatic carbocycles. The fourth-order valence-electron chi connectivity index (χ4n) is 5.34. The zero-order chi connectivity index (χ0) is 30.5. The van der Waals surface area contributed by atoms with Crippen LogP contribution >= 0.6 is 0 Å². The minimum atomic E-state index is -3.36. The van der Waals surface area contributed by atoms with E-state index in [1.54, 1.807) is 44.3 Å². The number of urea groups is 1. The van der Waals surface area contributed by atoms with E-state index in [1.165, 1.54) is 41.2 Å². The molecule has 0 saturated carbocycles. The van der Waals surface area contributed by atoms with Crippen molar-refractivity contribution in [2.75, 3.05) is 30.5 Å². The lowest BCUT2D eigenvalue weighted by atomic mass is 9.85. The van der Waals surface area contributed by atoms with Gasteiger partial charge in [0.05, 0.1) is 54.1 Å². The van der Waals surface area contributed by atoms with Crippen LogP contribution in [0.1, 0.15) is 25.8 Å². The molecule has 7 rings (SSSR count). The number of hydrogen-bond acceptors (Lipinski definition) is 9. The number of carbonyl (C=O) groups is 1. The summed E-state index contributed by atoms with van der Waals surface area (Å²) in [5.41, 5.74) is 1.23. The van der Waals surface area contributed by atoms with Gasteiger partial charge in [-0.25, -0.2) is 19.3 Å². The molecular weight excluding hydrogens is 562 g/mol. The van der Waals surface area contributed by atoms with Crippen molar-refractivity contribution in [2.24, 2.45) is 0 Å². The van der Waals surface area contributed by atoms with Gasteiger partial charge in [0.25, 0.3) is 0 Å². The molecule has 12 nitrogen and oxygen atoms in total. The monoisotopic (exact) mass is 590 g/mol. The summed E-state index contributed by atoms with van der Waals surface area (Å²) >= 11 is 0. The number of piperazine rings is 1. The number of amides is 2. The van der Waals surface area contributed by atoms with Crippen LogP contribution in [0.5, 0.6) is 11.6 Å². The van der Waals surface area contributed by atoms with E-state index in [2.05, 4.69) is 26.5 Å². The van der Waals surface area contributed by atoms with Gasteiger partial charge in [-0.05, 0) is 44.5 Å². The lowest BCUT2D eigenvalue weighted by molar-refractivity contribution is -0.157. The van der Waals surface area contributed by atoms with Crippen LogP contribution in [-0.4, -0.2) is 79.6 Å². The minimum absolute atomic E-state index is 0.0138. The number of carbonyl (C=O) groups excluding carboxylic acids is 1. The van der Waals surface area contributed by atoms with E-state index in [0.29, 0.717) is 39.5 Å². The second-order valence-electron chi connectivity index (χ2n) is 11.1. The Kier molecular flexibility index (Phi) is 6.77. The van der Waals surface area contributed by atoms with E-state index < -0.39 is 29.8 Å². The van der Waals surface area contributed by atoms with Gasteiger partial charge >= 0.3 is 12.1 Å². The molecule has 0 aromatic carbocycles. The molecule has 4 aromatic rings. The first-order valence-corrected chi connectivity index (χ1v) is 13.5. The molecule has 222 valence electrons. The number of aromatic nitrogens is 4. The Labute approximate surface area is 245 Å². The maximum Gasteiger partial charge on any atom is 0.347 e. The Morgan fingerprint density at radius 2 is 2.05 bits per heavy atom. The molecule has 3 fully saturated rings. The summed E-state index contributed by atoms with van der Waals surface area (Å²) < 4.78 is 43.7. The Balaban J connectivity index is 1.23. The van der Waals surface area contributed by atoms with Crippen LogP contribution in [0, 0.1) is 11.3 Å². The smallest absolute Gasteiger partial charge is 0.347 e. The first kappa shape index (κ1) is 28.1. The van der Waals surface area contributed by atoms with Crippen LogP contribution in [0.4, 0.5) is 25.1 Å². The number of fused-ring (bicyclic) bond motifs is 3. The maximum atomic E-state index is 15.7. The van der Waals surface area contributed by atoms with Gasteiger partial charge in [0.1, 0.15) is 30.3 Å². The van der Waals surface area contributed by atoms with E-state index in [1.807, 2.05) is 0 Å². The number of halogens is 2. The van der Waals surface area contributed by atoms with E-state index in [4.69, 9.17) is 9.47 Å². The van der Waals surface area contributed by atoms with Crippen LogP contribution in [0.3, 0.4) is 0 Å². The van der Waals surface area contributed by atoms with Gasteiger partial charge in [0.2, 0.25) is 5.88 Å². The molecular formula is C29H28F2N8O4. The van der Waals surface area contributed by atoms with E-state index in [0.717, 1.165) is 4.90 Å². The number of aliphatic hydroxyl groups is 1. The highest BCUT2D eigenvalue weighted by Crippen LogP contribution is 2.47. The van der Waals surface area contributed by atoms with Crippen molar-refractivity contribution in [3.05, 3.63) is 60.7 Å². The number of nitrogens with one attached hydrogen (secondary N) is 1. The average Bonchev–Trinajstić information content (AvgIpc) is 3.38. The van der Waals surface area contributed by atoms with Gasteiger partial charge < -0.3 is 24.8 Å². The Morgan fingerprint density at radius 3 is 2.67 bits per heavy atom. The number of rotatable bonds is 7.